The van der Waals surface area contributed by atoms with Gasteiger partial charge in [-0.15, -0.1) is 11.8 Å². The second-order valence-electron chi connectivity index (χ2n) is 21.8. The maximum atomic E-state index is 15.0. The number of para-hydroxylation sites is 1. The highest BCUT2D eigenvalue weighted by Crippen LogP contribution is 2.44. The van der Waals surface area contributed by atoms with Gasteiger partial charge < -0.3 is 60.9 Å². The van der Waals surface area contributed by atoms with Crippen molar-refractivity contribution in [2.75, 3.05) is 39.3 Å². The Bertz CT molecular complexity index is 2950. The first-order valence-electron chi connectivity index (χ1n) is 27.6. The zero-order valence-electron chi connectivity index (χ0n) is 48.3. The summed E-state index contributed by atoms with van der Waals surface area (Å²) < 4.78 is 21.2. The lowest BCUT2D eigenvalue weighted by Crippen LogP contribution is -2.62. The smallest absolute Gasteiger partial charge is 0.407 e. The number of nitrogens with one attached hydrogen (secondary N) is 8. The summed E-state index contributed by atoms with van der Waals surface area (Å²) in [4.78, 5) is 99.0. The standard InChI is InChI=1S/C61H80N8O12S/c1-37-18-17-23-43-41(34-64-52(37)43)33-50(68-59(77)80-35-48-46-21-14-12-19-44(46)45-20-13-15-22-47(45)48)55(73)66-49(24-11-10-16-29-62-38(2)70)54(72)69-53(61(7,8)82-36-65-39(3)71)56(74)67-51(57(75)78-9)32-40-25-27-42(28-26-40)79-31-30-63-58(76)81-60(4,5)6/h12-15,17-23,25-28,34,48-51,53,58,63-64,76H,10-11,16,24,29-33,35-36H2,1-9H3,(H,62,70)(H,65,71)(H,66,73)(H,67,74)(H,68,77)(H,69,72)/t49-,50-,51?,53+,58?/m0/s1. The summed E-state index contributed by atoms with van der Waals surface area (Å²) in [7, 11) is 1.20. The maximum absolute atomic E-state index is 15.0. The van der Waals surface area contributed by atoms with Gasteiger partial charge >= 0.3 is 12.1 Å². The average molecular weight is 1150 g/mol. The molecule has 4 aromatic carbocycles. The minimum atomic E-state index is -1.38. The van der Waals surface area contributed by atoms with Gasteiger partial charge in [0, 0.05) is 67.5 Å². The number of aliphatic hydroxyl groups is 1. The molecule has 1 aliphatic rings. The Morgan fingerprint density at radius 1 is 0.695 bits per heavy atom. The van der Waals surface area contributed by atoms with E-state index in [-0.39, 0.29) is 62.6 Å². The van der Waals surface area contributed by atoms with E-state index in [4.69, 9.17) is 18.9 Å². The molecule has 0 saturated carbocycles. The minimum absolute atomic E-state index is 0.00320. The molecule has 5 aromatic rings. The van der Waals surface area contributed by atoms with Crippen LogP contribution in [0.15, 0.2) is 97.2 Å². The van der Waals surface area contributed by atoms with Gasteiger partial charge in [0.1, 0.15) is 43.1 Å². The fourth-order valence-electron chi connectivity index (χ4n) is 9.68. The SMILES string of the molecule is COC(=O)C(Cc1ccc(OCCNC(O)OC(C)(C)C)cc1)NC(=O)[C@@H](NC(=O)[C@H](CCCCCNC(C)=O)NC(=O)[C@H](Cc1c[nH]c2c(C)cccc12)NC(=O)OCC1c2ccccc2-c2ccccc21)C(C)(C)SCNC(C)=O. The summed E-state index contributed by atoms with van der Waals surface area (Å²) in [6.07, 6.45) is 1.38. The Morgan fingerprint density at radius 3 is 1.99 bits per heavy atom. The van der Waals surface area contributed by atoms with E-state index in [2.05, 4.69) is 42.2 Å². The number of H-pyrrole nitrogens is 1. The largest absolute Gasteiger partial charge is 0.492 e. The molecule has 0 fully saturated rings. The van der Waals surface area contributed by atoms with Crippen molar-refractivity contribution in [1.29, 1.82) is 0 Å². The van der Waals surface area contributed by atoms with Crippen molar-refractivity contribution in [3.05, 3.63) is 125 Å². The number of ether oxygens (including phenoxy) is 4. The number of hydrogen-bond donors (Lipinski definition) is 9. The summed E-state index contributed by atoms with van der Waals surface area (Å²) in [5.41, 5.74) is 6.78. The van der Waals surface area contributed by atoms with Crippen LogP contribution in [0, 0.1) is 6.92 Å². The molecule has 1 aliphatic carbocycles. The second kappa shape index (κ2) is 30.0. The minimum Gasteiger partial charge on any atom is -0.492 e. The van der Waals surface area contributed by atoms with E-state index in [9.17, 15) is 38.7 Å². The number of fused-ring (bicyclic) bond motifs is 4. The van der Waals surface area contributed by atoms with Crippen molar-refractivity contribution >= 4 is 64.3 Å². The number of rotatable bonds is 30. The van der Waals surface area contributed by atoms with Gasteiger partial charge in [0.25, 0.3) is 0 Å². The van der Waals surface area contributed by atoms with Crippen LogP contribution < -0.4 is 42.0 Å². The molecular formula is C61H80N8O12S. The van der Waals surface area contributed by atoms with E-state index in [0.717, 1.165) is 44.3 Å². The maximum Gasteiger partial charge on any atom is 0.407 e. The van der Waals surface area contributed by atoms with Crippen LogP contribution in [-0.4, -0.2) is 132 Å². The molecule has 5 atom stereocenters. The van der Waals surface area contributed by atoms with Gasteiger partial charge in [-0.05, 0) is 105 Å². The number of methoxy groups -OCH3 is 1. The highest BCUT2D eigenvalue weighted by atomic mass is 32.2. The van der Waals surface area contributed by atoms with Gasteiger partial charge in [0.2, 0.25) is 35.9 Å². The number of aliphatic hydroxyl groups excluding tert-OH is 1. The summed E-state index contributed by atoms with van der Waals surface area (Å²) in [5, 5.41) is 30.7. The van der Waals surface area contributed by atoms with Crippen LogP contribution in [0.25, 0.3) is 22.0 Å². The number of esters is 1. The zero-order valence-corrected chi connectivity index (χ0v) is 49.1. The Morgan fingerprint density at radius 2 is 1.34 bits per heavy atom. The van der Waals surface area contributed by atoms with Crippen molar-refractivity contribution in [2.24, 2.45) is 0 Å². The van der Waals surface area contributed by atoms with Crippen molar-refractivity contribution in [3.63, 3.8) is 0 Å². The number of thioether (sulfide) groups is 1. The first kappa shape index (κ1) is 63.7. The quantitative estimate of drug-likeness (QED) is 0.0142. The first-order chi connectivity index (χ1) is 39.0. The van der Waals surface area contributed by atoms with Crippen LogP contribution in [0.2, 0.25) is 0 Å². The lowest BCUT2D eigenvalue weighted by molar-refractivity contribution is -0.181. The summed E-state index contributed by atoms with van der Waals surface area (Å²) in [6, 6.07) is 23.4. The molecule has 6 amide bonds. The third kappa shape index (κ3) is 18.8. The number of benzene rings is 4. The monoisotopic (exact) mass is 1150 g/mol. The van der Waals surface area contributed by atoms with Crippen molar-refractivity contribution in [3.8, 4) is 16.9 Å². The van der Waals surface area contributed by atoms with E-state index < -0.39 is 70.7 Å². The van der Waals surface area contributed by atoms with Crippen molar-refractivity contribution < 1.29 is 57.6 Å². The summed E-state index contributed by atoms with van der Waals surface area (Å²) in [6.45, 7) is 14.5. The normalized spacial score (nSPS) is 14.0. The fraction of sp³-hybridized carbons (Fsp3) is 0.459. The van der Waals surface area contributed by atoms with Crippen LogP contribution in [0.1, 0.15) is 108 Å². The molecule has 0 spiro atoms. The highest BCUT2D eigenvalue weighted by molar-refractivity contribution is 8.00. The number of carbonyl (C=O) groups excluding carboxylic acids is 7. The molecular weight excluding hydrogens is 1070 g/mol. The summed E-state index contributed by atoms with van der Waals surface area (Å²) in [5.74, 6) is -3.12. The second-order valence-corrected chi connectivity index (χ2v) is 23.4. The van der Waals surface area contributed by atoms with Gasteiger partial charge in [-0.3, -0.25) is 29.3 Å². The third-order valence-corrected chi connectivity index (χ3v) is 15.2. The predicted molar refractivity (Wildman–Crippen MR) is 315 cm³/mol. The van der Waals surface area contributed by atoms with E-state index in [1.165, 1.54) is 32.7 Å². The molecule has 0 aliphatic heterocycles. The zero-order chi connectivity index (χ0) is 59.6. The Hall–Kier alpha value is -7.46. The molecule has 0 bridgehead atoms. The first-order valence-corrected chi connectivity index (χ1v) is 28.6. The number of hydrogen-bond acceptors (Lipinski definition) is 14. The molecule has 6 rings (SSSR count). The predicted octanol–water partition coefficient (Wildman–Crippen LogP) is 6.16. The number of amides is 6. The molecule has 21 heteroatoms. The van der Waals surface area contributed by atoms with Gasteiger partial charge in [-0.25, -0.2) is 9.59 Å². The number of aromatic amines is 1. The molecule has 20 nitrogen and oxygen atoms in total. The lowest BCUT2D eigenvalue weighted by atomic mass is 9.98. The van der Waals surface area contributed by atoms with Crippen LogP contribution in [0.4, 0.5) is 4.79 Å². The van der Waals surface area contributed by atoms with Gasteiger partial charge in [0.05, 0.1) is 18.6 Å². The molecule has 0 radical (unpaired) electrons. The van der Waals surface area contributed by atoms with E-state index >= 15 is 0 Å². The molecule has 1 heterocycles. The summed E-state index contributed by atoms with van der Waals surface area (Å²) >= 11 is 1.17. The van der Waals surface area contributed by atoms with Crippen LogP contribution in [0.5, 0.6) is 5.75 Å². The van der Waals surface area contributed by atoms with Gasteiger partial charge in [0.15, 0.2) is 0 Å². The Labute approximate surface area is 484 Å². The number of unbranched alkanes of at least 4 members (excludes halogenated alkanes) is 2. The molecule has 9 N–H and O–H groups in total. The number of aromatic nitrogens is 1. The van der Waals surface area contributed by atoms with Crippen molar-refractivity contribution in [1.82, 2.24) is 42.2 Å². The van der Waals surface area contributed by atoms with E-state index in [1.54, 1.807) is 44.3 Å². The van der Waals surface area contributed by atoms with Crippen LogP contribution in [-0.2, 0) is 55.8 Å². The van der Waals surface area contributed by atoms with E-state index in [0.29, 0.717) is 37.1 Å². The number of aryl methyl sites for hydroxylation is 1. The molecule has 82 heavy (non-hydrogen) atoms. The molecule has 1 aromatic heterocycles. The Kier molecular flexibility index (Phi) is 23.3. The topological polar surface area (TPSA) is 277 Å². The molecule has 0 saturated heterocycles. The van der Waals surface area contributed by atoms with Gasteiger partial charge in [-0.1, -0.05) is 91.7 Å². The van der Waals surface area contributed by atoms with E-state index in [1.807, 2.05) is 94.4 Å². The number of alkyl carbamates (subject to hydrolysis) is 1. The average Bonchev–Trinajstić information content (AvgIpc) is 4.18. The van der Waals surface area contributed by atoms with Crippen molar-refractivity contribution in [2.45, 2.75) is 141 Å². The van der Waals surface area contributed by atoms with Crippen LogP contribution in [0.3, 0.4) is 0 Å². The Balaban J connectivity index is 1.23. The molecule has 2 unspecified atom stereocenters. The fourth-order valence-corrected chi connectivity index (χ4v) is 10.7. The van der Waals surface area contributed by atoms with Crippen LogP contribution >= 0.6 is 11.8 Å². The third-order valence-electron chi connectivity index (χ3n) is 13.9. The van der Waals surface area contributed by atoms with Gasteiger partial charge in [-0.2, -0.15) is 0 Å². The lowest BCUT2D eigenvalue weighted by Gasteiger charge is -2.35. The number of carbonyl (C=O) groups is 7. The molecule has 442 valence electrons. The highest BCUT2D eigenvalue weighted by Gasteiger charge is 2.41.